The highest BCUT2D eigenvalue weighted by Gasteiger charge is 2.14. The standard InChI is InChI=1S/C14H11BrN4O/c15-10-4-1-8(2-5-10)12-13(18-19-14(12)16)9-3-6-11(20)17-7-9/h1-7H,(H,17,20)(H3,16,18,19). The van der Waals surface area contributed by atoms with Gasteiger partial charge in [-0.25, -0.2) is 0 Å². The molecule has 0 bridgehead atoms. The van der Waals surface area contributed by atoms with Crippen molar-refractivity contribution < 1.29 is 0 Å². The molecule has 1 aromatic carbocycles. The van der Waals surface area contributed by atoms with Crippen LogP contribution in [0.4, 0.5) is 5.82 Å². The second-order valence-electron chi connectivity index (χ2n) is 4.31. The molecule has 0 aliphatic heterocycles. The predicted molar refractivity (Wildman–Crippen MR) is 82.2 cm³/mol. The van der Waals surface area contributed by atoms with E-state index < -0.39 is 0 Å². The van der Waals surface area contributed by atoms with E-state index in [0.717, 1.165) is 26.9 Å². The number of nitrogens with one attached hydrogen (secondary N) is 2. The maximum atomic E-state index is 11.1. The molecule has 3 aromatic rings. The molecule has 0 aliphatic rings. The Kier molecular flexibility index (Phi) is 3.15. The monoisotopic (exact) mass is 330 g/mol. The zero-order valence-electron chi connectivity index (χ0n) is 10.4. The second-order valence-corrected chi connectivity index (χ2v) is 5.22. The van der Waals surface area contributed by atoms with E-state index in [1.54, 1.807) is 12.3 Å². The van der Waals surface area contributed by atoms with Crippen molar-refractivity contribution in [2.24, 2.45) is 0 Å². The minimum absolute atomic E-state index is 0.147. The van der Waals surface area contributed by atoms with Gasteiger partial charge in [0, 0.05) is 22.3 Å². The van der Waals surface area contributed by atoms with Crippen LogP contribution in [0.15, 0.2) is 51.9 Å². The Balaban J connectivity index is 2.16. The first-order chi connectivity index (χ1) is 9.65. The molecule has 0 atom stereocenters. The fourth-order valence-electron chi connectivity index (χ4n) is 2.04. The molecule has 0 spiro atoms. The van der Waals surface area contributed by atoms with Crippen molar-refractivity contribution in [3.8, 4) is 22.4 Å². The van der Waals surface area contributed by atoms with Crippen molar-refractivity contribution in [3.63, 3.8) is 0 Å². The number of nitrogens with two attached hydrogens (primary N) is 1. The number of anilines is 1. The lowest BCUT2D eigenvalue weighted by Gasteiger charge is -2.04. The van der Waals surface area contributed by atoms with Gasteiger partial charge in [0.1, 0.15) is 0 Å². The molecule has 2 heterocycles. The molecular weight excluding hydrogens is 320 g/mol. The zero-order valence-corrected chi connectivity index (χ0v) is 11.9. The number of rotatable bonds is 2. The molecule has 0 unspecified atom stereocenters. The molecule has 0 saturated heterocycles. The highest BCUT2D eigenvalue weighted by molar-refractivity contribution is 9.10. The summed E-state index contributed by atoms with van der Waals surface area (Å²) in [6, 6.07) is 11.0. The first-order valence-electron chi connectivity index (χ1n) is 5.94. The predicted octanol–water partition coefficient (Wildman–Crippen LogP) is 2.78. The SMILES string of the molecule is Nc1n[nH]c(-c2ccc(=O)[nH]c2)c1-c1ccc(Br)cc1. The molecule has 3 rings (SSSR count). The summed E-state index contributed by atoms with van der Waals surface area (Å²) in [6.45, 7) is 0. The first-order valence-corrected chi connectivity index (χ1v) is 6.73. The van der Waals surface area contributed by atoms with Gasteiger partial charge in [0.25, 0.3) is 0 Å². The number of aromatic nitrogens is 3. The number of H-pyrrole nitrogens is 2. The molecular formula is C14H11BrN4O. The fraction of sp³-hybridized carbons (Fsp3) is 0. The molecule has 20 heavy (non-hydrogen) atoms. The van der Waals surface area contributed by atoms with E-state index in [9.17, 15) is 4.79 Å². The van der Waals surface area contributed by atoms with Crippen LogP contribution in [-0.4, -0.2) is 15.2 Å². The minimum atomic E-state index is -0.147. The average molecular weight is 331 g/mol. The van der Waals surface area contributed by atoms with Crippen molar-refractivity contribution >= 4 is 21.7 Å². The highest BCUT2D eigenvalue weighted by Crippen LogP contribution is 2.34. The molecule has 0 saturated carbocycles. The largest absolute Gasteiger partial charge is 0.382 e. The zero-order chi connectivity index (χ0) is 14.1. The number of pyridine rings is 1. The van der Waals surface area contributed by atoms with Crippen LogP contribution in [0.3, 0.4) is 0 Å². The Bertz CT molecular complexity index is 784. The van der Waals surface area contributed by atoms with Gasteiger partial charge in [0.2, 0.25) is 5.56 Å². The Labute approximate surface area is 123 Å². The van der Waals surface area contributed by atoms with Crippen LogP contribution < -0.4 is 11.3 Å². The van der Waals surface area contributed by atoms with Crippen LogP contribution in [0.1, 0.15) is 0 Å². The molecule has 0 radical (unpaired) electrons. The van der Waals surface area contributed by atoms with Crippen LogP contribution in [0.25, 0.3) is 22.4 Å². The molecule has 100 valence electrons. The van der Waals surface area contributed by atoms with Crippen molar-refractivity contribution in [1.82, 2.24) is 15.2 Å². The third kappa shape index (κ3) is 2.25. The molecule has 6 heteroatoms. The fourth-order valence-corrected chi connectivity index (χ4v) is 2.30. The third-order valence-corrected chi connectivity index (χ3v) is 3.53. The number of aromatic amines is 2. The van der Waals surface area contributed by atoms with E-state index in [1.807, 2.05) is 24.3 Å². The summed E-state index contributed by atoms with van der Waals surface area (Å²) in [5.74, 6) is 0.425. The van der Waals surface area contributed by atoms with E-state index in [-0.39, 0.29) is 5.56 Å². The van der Waals surface area contributed by atoms with Crippen LogP contribution >= 0.6 is 15.9 Å². The summed E-state index contributed by atoms with van der Waals surface area (Å²) in [7, 11) is 0. The van der Waals surface area contributed by atoms with Gasteiger partial charge in [-0.05, 0) is 23.8 Å². The molecule has 0 amide bonds. The minimum Gasteiger partial charge on any atom is -0.382 e. The third-order valence-electron chi connectivity index (χ3n) is 3.00. The summed E-state index contributed by atoms with van der Waals surface area (Å²) in [5, 5.41) is 6.98. The van der Waals surface area contributed by atoms with E-state index in [0.29, 0.717) is 5.82 Å². The molecule has 0 fully saturated rings. The molecule has 4 N–H and O–H groups in total. The number of hydrogen-bond donors (Lipinski definition) is 3. The van der Waals surface area contributed by atoms with Crippen molar-refractivity contribution in [2.75, 3.05) is 5.73 Å². The summed E-state index contributed by atoms with van der Waals surface area (Å²) < 4.78 is 0.994. The summed E-state index contributed by atoms with van der Waals surface area (Å²) >= 11 is 3.40. The lowest BCUT2D eigenvalue weighted by molar-refractivity contribution is 1.10. The number of nitrogens with zero attached hydrogens (tertiary/aromatic N) is 1. The lowest BCUT2D eigenvalue weighted by Crippen LogP contribution is -2.01. The van der Waals surface area contributed by atoms with E-state index in [2.05, 4.69) is 31.1 Å². The average Bonchev–Trinajstić information content (AvgIpc) is 2.83. The van der Waals surface area contributed by atoms with Gasteiger partial charge >= 0.3 is 0 Å². The topological polar surface area (TPSA) is 87.6 Å². The maximum Gasteiger partial charge on any atom is 0.247 e. The van der Waals surface area contributed by atoms with Crippen molar-refractivity contribution in [1.29, 1.82) is 0 Å². The Morgan fingerprint density at radius 3 is 2.40 bits per heavy atom. The summed E-state index contributed by atoms with van der Waals surface area (Å²) in [4.78, 5) is 13.8. The summed E-state index contributed by atoms with van der Waals surface area (Å²) in [6.07, 6.45) is 1.64. The number of halogens is 1. The second kappa shape index (κ2) is 4.97. The van der Waals surface area contributed by atoms with Gasteiger partial charge in [-0.2, -0.15) is 5.10 Å². The van der Waals surface area contributed by atoms with Crippen LogP contribution in [0.5, 0.6) is 0 Å². The smallest absolute Gasteiger partial charge is 0.247 e. The van der Waals surface area contributed by atoms with Crippen LogP contribution in [-0.2, 0) is 0 Å². The Morgan fingerprint density at radius 1 is 1.05 bits per heavy atom. The molecule has 0 aliphatic carbocycles. The van der Waals surface area contributed by atoms with Gasteiger partial charge in [0.05, 0.1) is 11.3 Å². The first kappa shape index (κ1) is 12.7. The summed E-state index contributed by atoms with van der Waals surface area (Å²) in [5.41, 5.74) is 9.19. The molecule has 2 aromatic heterocycles. The Morgan fingerprint density at radius 2 is 1.75 bits per heavy atom. The quantitative estimate of drug-likeness (QED) is 0.675. The van der Waals surface area contributed by atoms with E-state index in [1.165, 1.54) is 6.07 Å². The van der Waals surface area contributed by atoms with Crippen molar-refractivity contribution in [3.05, 3.63) is 57.4 Å². The van der Waals surface area contributed by atoms with E-state index in [4.69, 9.17) is 5.73 Å². The highest BCUT2D eigenvalue weighted by atomic mass is 79.9. The van der Waals surface area contributed by atoms with Gasteiger partial charge in [-0.15, -0.1) is 0 Å². The number of nitrogen functional groups attached to an aromatic ring is 1. The normalized spacial score (nSPS) is 10.7. The molecule has 5 nitrogen and oxygen atoms in total. The number of benzene rings is 1. The van der Waals surface area contributed by atoms with E-state index >= 15 is 0 Å². The van der Waals surface area contributed by atoms with Crippen molar-refractivity contribution in [2.45, 2.75) is 0 Å². The van der Waals surface area contributed by atoms with Gasteiger partial charge < -0.3 is 10.7 Å². The Hall–Kier alpha value is -2.34. The van der Waals surface area contributed by atoms with Crippen LogP contribution in [0, 0.1) is 0 Å². The lowest BCUT2D eigenvalue weighted by atomic mass is 10.0. The van der Waals surface area contributed by atoms with Gasteiger partial charge in [-0.1, -0.05) is 28.1 Å². The van der Waals surface area contributed by atoms with Gasteiger partial charge in [-0.3, -0.25) is 9.89 Å². The van der Waals surface area contributed by atoms with Crippen LogP contribution in [0.2, 0.25) is 0 Å². The van der Waals surface area contributed by atoms with Gasteiger partial charge in [0.15, 0.2) is 5.82 Å². The number of hydrogen-bond acceptors (Lipinski definition) is 3. The maximum absolute atomic E-state index is 11.1.